The lowest BCUT2D eigenvalue weighted by Crippen LogP contribution is -1.98. The Morgan fingerprint density at radius 1 is 0.955 bits per heavy atom. The zero-order valence-corrected chi connectivity index (χ0v) is 12.7. The molecule has 0 fully saturated rings. The van der Waals surface area contributed by atoms with Crippen LogP contribution in [0.25, 0.3) is 0 Å². The summed E-state index contributed by atoms with van der Waals surface area (Å²) in [6.07, 6.45) is 2.87. The summed E-state index contributed by atoms with van der Waals surface area (Å²) in [6.45, 7) is 2.11. The minimum Gasteiger partial charge on any atom is -0.279 e. The number of benzene rings is 2. The Morgan fingerprint density at radius 3 is 2.45 bits per heavy atom. The minimum absolute atomic E-state index is 0.158. The predicted octanol–water partition coefficient (Wildman–Crippen LogP) is 4.46. The lowest BCUT2D eigenvalue weighted by atomic mass is 10.0. The summed E-state index contributed by atoms with van der Waals surface area (Å²) >= 11 is 0. The second kappa shape index (κ2) is 8.50. The third-order valence-corrected chi connectivity index (χ3v) is 3.14. The smallest absolute Gasteiger partial charge is 0.237 e. The summed E-state index contributed by atoms with van der Waals surface area (Å²) in [5.74, 6) is 11.7. The SMILES string of the molecule is CCCCC#CC(=O)c1ccccc1C#Cc1ccccc1. The number of ketones is 1. The second-order valence-corrected chi connectivity index (χ2v) is 4.90. The van der Waals surface area contributed by atoms with Crippen LogP contribution in [0, 0.1) is 23.7 Å². The van der Waals surface area contributed by atoms with Crippen LogP contribution in [0.15, 0.2) is 54.6 Å². The van der Waals surface area contributed by atoms with E-state index < -0.39 is 0 Å². The average Bonchev–Trinajstić information content (AvgIpc) is 2.58. The molecule has 0 amide bonds. The molecule has 0 radical (unpaired) electrons. The third kappa shape index (κ3) is 4.65. The Balaban J connectivity index is 2.22. The van der Waals surface area contributed by atoms with E-state index >= 15 is 0 Å². The van der Waals surface area contributed by atoms with E-state index in [0.717, 1.165) is 30.4 Å². The molecule has 2 aromatic carbocycles. The van der Waals surface area contributed by atoms with Gasteiger partial charge in [-0.1, -0.05) is 61.4 Å². The summed E-state index contributed by atoms with van der Waals surface area (Å²) < 4.78 is 0. The molecule has 0 heterocycles. The summed E-state index contributed by atoms with van der Waals surface area (Å²) in [5.41, 5.74) is 2.23. The quantitative estimate of drug-likeness (QED) is 0.352. The van der Waals surface area contributed by atoms with Crippen LogP contribution >= 0.6 is 0 Å². The van der Waals surface area contributed by atoms with Crippen molar-refractivity contribution < 1.29 is 4.79 Å². The maximum absolute atomic E-state index is 12.2. The molecule has 0 unspecified atom stereocenters. The van der Waals surface area contributed by atoms with Gasteiger partial charge in [-0.3, -0.25) is 4.79 Å². The van der Waals surface area contributed by atoms with Crippen molar-refractivity contribution >= 4 is 5.78 Å². The van der Waals surface area contributed by atoms with Crippen LogP contribution < -0.4 is 0 Å². The lowest BCUT2D eigenvalue weighted by Gasteiger charge is -1.98. The Bertz CT molecular complexity index is 749. The fourth-order valence-corrected chi connectivity index (χ4v) is 1.93. The highest BCUT2D eigenvalue weighted by Crippen LogP contribution is 2.08. The van der Waals surface area contributed by atoms with Crippen LogP contribution in [0.4, 0.5) is 0 Å². The molecular weight excluding hydrogens is 268 g/mol. The third-order valence-electron chi connectivity index (χ3n) is 3.14. The van der Waals surface area contributed by atoms with Crippen LogP contribution in [-0.2, 0) is 0 Å². The largest absolute Gasteiger partial charge is 0.279 e. The van der Waals surface area contributed by atoms with Crippen molar-refractivity contribution in [3.63, 3.8) is 0 Å². The minimum atomic E-state index is -0.158. The summed E-state index contributed by atoms with van der Waals surface area (Å²) in [4.78, 5) is 12.2. The summed E-state index contributed by atoms with van der Waals surface area (Å²) in [5, 5.41) is 0. The molecule has 0 aliphatic carbocycles. The van der Waals surface area contributed by atoms with Gasteiger partial charge in [0.15, 0.2) is 0 Å². The summed E-state index contributed by atoms with van der Waals surface area (Å²) in [6, 6.07) is 17.1. The maximum Gasteiger partial charge on any atom is 0.237 e. The van der Waals surface area contributed by atoms with Gasteiger partial charge >= 0.3 is 0 Å². The lowest BCUT2D eigenvalue weighted by molar-refractivity contribution is 0.105. The van der Waals surface area contributed by atoms with E-state index in [4.69, 9.17) is 0 Å². The van der Waals surface area contributed by atoms with Crippen LogP contribution in [0.2, 0.25) is 0 Å². The van der Waals surface area contributed by atoms with Crippen molar-refractivity contribution in [1.82, 2.24) is 0 Å². The van der Waals surface area contributed by atoms with E-state index in [-0.39, 0.29) is 5.78 Å². The van der Waals surface area contributed by atoms with E-state index in [0.29, 0.717) is 5.56 Å². The van der Waals surface area contributed by atoms with Crippen molar-refractivity contribution in [2.75, 3.05) is 0 Å². The molecule has 0 bridgehead atoms. The van der Waals surface area contributed by atoms with E-state index in [1.807, 2.05) is 48.5 Å². The van der Waals surface area contributed by atoms with Gasteiger partial charge in [-0.15, -0.1) is 0 Å². The molecule has 2 rings (SSSR count). The van der Waals surface area contributed by atoms with Crippen LogP contribution in [0.3, 0.4) is 0 Å². The van der Waals surface area contributed by atoms with Crippen molar-refractivity contribution in [1.29, 1.82) is 0 Å². The standard InChI is InChI=1S/C21H18O/c1-2-3-4-8-15-21(22)20-14-10-9-13-19(20)17-16-18-11-6-5-7-12-18/h5-7,9-14H,2-4H2,1H3. The predicted molar refractivity (Wildman–Crippen MR) is 90.5 cm³/mol. The molecule has 0 saturated carbocycles. The number of carbonyl (C=O) groups excluding carboxylic acids is 1. The van der Waals surface area contributed by atoms with Gasteiger partial charge in [-0.2, -0.15) is 0 Å². The van der Waals surface area contributed by atoms with Gasteiger partial charge in [0.05, 0.1) is 0 Å². The Labute approximate surface area is 132 Å². The fraction of sp³-hybridized carbons (Fsp3) is 0.190. The van der Waals surface area contributed by atoms with Gasteiger partial charge in [0.25, 0.3) is 0 Å². The molecule has 1 nitrogen and oxygen atoms in total. The van der Waals surface area contributed by atoms with Crippen LogP contribution in [0.1, 0.15) is 47.7 Å². The molecule has 1 heteroatoms. The number of rotatable bonds is 3. The van der Waals surface area contributed by atoms with Gasteiger partial charge in [-0.25, -0.2) is 0 Å². The van der Waals surface area contributed by atoms with Crippen molar-refractivity contribution in [3.8, 4) is 23.7 Å². The van der Waals surface area contributed by atoms with Crippen LogP contribution in [0.5, 0.6) is 0 Å². The molecule has 0 saturated heterocycles. The van der Waals surface area contributed by atoms with Crippen molar-refractivity contribution in [3.05, 3.63) is 71.3 Å². The average molecular weight is 286 g/mol. The first-order valence-corrected chi connectivity index (χ1v) is 7.50. The van der Waals surface area contributed by atoms with E-state index in [9.17, 15) is 4.79 Å². The molecule has 0 aromatic heterocycles. The zero-order valence-electron chi connectivity index (χ0n) is 12.7. The molecular formula is C21H18O. The number of hydrogen-bond acceptors (Lipinski definition) is 1. The van der Waals surface area contributed by atoms with Gasteiger partial charge < -0.3 is 0 Å². The molecule has 0 aliphatic rings. The number of hydrogen-bond donors (Lipinski definition) is 0. The van der Waals surface area contributed by atoms with E-state index in [1.54, 1.807) is 6.07 Å². The first-order chi connectivity index (χ1) is 10.8. The number of unbranched alkanes of at least 4 members (excludes halogenated alkanes) is 2. The van der Waals surface area contributed by atoms with Gasteiger partial charge in [0.2, 0.25) is 5.78 Å². The second-order valence-electron chi connectivity index (χ2n) is 4.90. The normalized spacial score (nSPS) is 9.14. The van der Waals surface area contributed by atoms with Gasteiger partial charge in [0, 0.05) is 23.1 Å². The van der Waals surface area contributed by atoms with E-state index in [1.165, 1.54) is 0 Å². The van der Waals surface area contributed by atoms with Crippen molar-refractivity contribution in [2.24, 2.45) is 0 Å². The monoisotopic (exact) mass is 286 g/mol. The maximum atomic E-state index is 12.2. The van der Waals surface area contributed by atoms with Crippen molar-refractivity contribution in [2.45, 2.75) is 26.2 Å². The highest BCUT2D eigenvalue weighted by molar-refractivity contribution is 6.10. The highest BCUT2D eigenvalue weighted by Gasteiger charge is 2.06. The Hall–Kier alpha value is -2.77. The van der Waals surface area contributed by atoms with Gasteiger partial charge in [-0.05, 0) is 36.6 Å². The first kappa shape index (κ1) is 15.6. The van der Waals surface area contributed by atoms with Gasteiger partial charge in [0.1, 0.15) is 0 Å². The summed E-state index contributed by atoms with van der Waals surface area (Å²) in [7, 11) is 0. The zero-order chi connectivity index (χ0) is 15.6. The Morgan fingerprint density at radius 2 is 1.68 bits per heavy atom. The first-order valence-electron chi connectivity index (χ1n) is 7.50. The van der Waals surface area contributed by atoms with Crippen LogP contribution in [-0.4, -0.2) is 5.78 Å². The topological polar surface area (TPSA) is 17.1 Å². The van der Waals surface area contributed by atoms with E-state index in [2.05, 4.69) is 30.6 Å². The molecule has 22 heavy (non-hydrogen) atoms. The molecule has 2 aromatic rings. The fourth-order valence-electron chi connectivity index (χ4n) is 1.93. The Kier molecular flexibility index (Phi) is 6.03. The molecule has 0 aliphatic heterocycles. The number of Topliss-reactive ketones (excluding diaryl/α,β-unsaturated/α-hetero) is 1. The molecule has 108 valence electrons. The highest BCUT2D eigenvalue weighted by atomic mass is 16.1. The molecule has 0 atom stereocenters. The number of carbonyl (C=O) groups is 1. The molecule has 0 N–H and O–H groups in total. The molecule has 0 spiro atoms.